The molecule has 2 aliphatic carbocycles. The Hall–Kier alpha value is 0.0900. The summed E-state index contributed by atoms with van der Waals surface area (Å²) in [6, 6.07) is 0. The van der Waals surface area contributed by atoms with Crippen LogP contribution in [0.3, 0.4) is 0 Å². The Morgan fingerprint density at radius 2 is 1.84 bits per heavy atom. The highest BCUT2D eigenvalue weighted by Gasteiger charge is 2.96. The predicted molar refractivity (Wildman–Crippen MR) is 67.1 cm³/mol. The van der Waals surface area contributed by atoms with Crippen molar-refractivity contribution < 1.29 is 24.1 Å². The number of Topliss-reactive ketones (excluding diaryl/α,β-unsaturated/α-hetero) is 1. The fourth-order valence-electron chi connectivity index (χ4n) is 4.21. The number of hydrogen-bond donors (Lipinski definition) is 1. The summed E-state index contributed by atoms with van der Waals surface area (Å²) in [6.45, 7) is 3.54. The van der Waals surface area contributed by atoms with Crippen molar-refractivity contribution in [1.82, 2.24) is 0 Å². The lowest BCUT2D eigenvalue weighted by molar-refractivity contribution is -0.256. The normalized spacial score (nSPS) is 53.0. The zero-order valence-corrected chi connectivity index (χ0v) is 12.6. The Kier molecular flexibility index (Phi) is 2.43. The highest BCUT2D eigenvalue weighted by molar-refractivity contribution is 6.44. The Bertz CT molecular complexity index is 471. The van der Waals surface area contributed by atoms with Crippen molar-refractivity contribution in [2.75, 3.05) is 14.2 Å². The average molecular weight is 311 g/mol. The third-order valence-corrected chi connectivity index (χ3v) is 6.30. The van der Waals surface area contributed by atoms with Gasteiger partial charge in [-0.2, -0.15) is 0 Å². The summed E-state index contributed by atoms with van der Waals surface area (Å²) < 4.78 is 16.4. The quantitative estimate of drug-likeness (QED) is 0.609. The van der Waals surface area contributed by atoms with E-state index < -0.39 is 32.7 Å². The first-order chi connectivity index (χ1) is 8.57. The van der Waals surface area contributed by atoms with E-state index in [4.69, 9.17) is 37.4 Å². The lowest BCUT2D eigenvalue weighted by Crippen LogP contribution is -2.60. The third-order valence-electron chi connectivity index (χ3n) is 4.95. The van der Waals surface area contributed by atoms with E-state index in [9.17, 15) is 9.90 Å². The highest BCUT2D eigenvalue weighted by atomic mass is 35.5. The molecule has 7 heteroatoms. The van der Waals surface area contributed by atoms with Crippen molar-refractivity contribution >= 4 is 29.0 Å². The number of alkyl halides is 2. The molecule has 0 unspecified atom stereocenters. The summed E-state index contributed by atoms with van der Waals surface area (Å²) in [4.78, 5) is 9.43. The van der Waals surface area contributed by atoms with E-state index in [0.717, 1.165) is 0 Å². The molecular formula is C12H16Cl2O5. The van der Waals surface area contributed by atoms with Crippen molar-refractivity contribution in [2.24, 2.45) is 5.92 Å². The largest absolute Gasteiger partial charge is 0.358 e. The standard InChI is InChI=1S/C12H16Cl2O5/c1-8(2)6-5-9(13)7(15)11(16,19-8)10(6,14)12(9,17-3)18-4/h6,16H,5H2,1-4H3/t6-,9-,10+,11-/m1/s1. The van der Waals surface area contributed by atoms with Gasteiger partial charge in [0.2, 0.25) is 11.6 Å². The average Bonchev–Trinajstić information content (AvgIpc) is 2.65. The fourth-order valence-corrected chi connectivity index (χ4v) is 5.62. The van der Waals surface area contributed by atoms with E-state index in [-0.39, 0.29) is 12.3 Å². The Labute approximate surface area is 121 Å². The van der Waals surface area contributed by atoms with E-state index in [2.05, 4.69) is 0 Å². The number of fused-ring (bicyclic) bond motifs is 1. The summed E-state index contributed by atoms with van der Waals surface area (Å²) >= 11 is 13.1. The number of methoxy groups -OCH3 is 2. The van der Waals surface area contributed by atoms with Gasteiger partial charge in [0.05, 0.1) is 5.60 Å². The lowest BCUT2D eigenvalue weighted by Gasteiger charge is -2.39. The maximum Gasteiger partial charge on any atom is 0.254 e. The SMILES string of the molecule is COC1(OC)[C@@]2(Cl)C[C@@H]3C(C)(C)O[C@](O)(C2=O)[C@@]31Cl. The summed E-state index contributed by atoms with van der Waals surface area (Å²) in [7, 11) is 2.72. The summed E-state index contributed by atoms with van der Waals surface area (Å²) in [6.07, 6.45) is 0.230. The molecule has 2 bridgehead atoms. The van der Waals surface area contributed by atoms with Crippen molar-refractivity contribution in [1.29, 1.82) is 0 Å². The van der Waals surface area contributed by atoms with Gasteiger partial charge in [0.25, 0.3) is 5.79 Å². The van der Waals surface area contributed by atoms with Crippen LogP contribution >= 0.6 is 23.2 Å². The van der Waals surface area contributed by atoms with Crippen LogP contribution in [-0.2, 0) is 19.0 Å². The molecule has 4 atom stereocenters. The Morgan fingerprint density at radius 3 is 2.26 bits per heavy atom. The molecule has 1 aliphatic heterocycles. The van der Waals surface area contributed by atoms with E-state index in [1.165, 1.54) is 14.2 Å². The van der Waals surface area contributed by atoms with Gasteiger partial charge in [-0.1, -0.05) is 0 Å². The number of rotatable bonds is 2. The molecule has 3 aliphatic rings. The Balaban J connectivity index is 2.34. The van der Waals surface area contributed by atoms with Gasteiger partial charge in [0.1, 0.15) is 0 Å². The summed E-state index contributed by atoms with van der Waals surface area (Å²) in [5.41, 5.74) is -0.804. The highest BCUT2D eigenvalue weighted by Crippen LogP contribution is 2.75. The van der Waals surface area contributed by atoms with Crippen LogP contribution in [0.1, 0.15) is 20.3 Å². The molecule has 0 amide bonds. The van der Waals surface area contributed by atoms with Gasteiger partial charge in [-0.15, -0.1) is 23.2 Å². The van der Waals surface area contributed by atoms with Crippen molar-refractivity contribution in [3.8, 4) is 0 Å². The van der Waals surface area contributed by atoms with Crippen molar-refractivity contribution in [2.45, 2.75) is 47.2 Å². The molecule has 19 heavy (non-hydrogen) atoms. The second kappa shape index (κ2) is 3.29. The second-order valence-corrected chi connectivity index (χ2v) is 7.21. The molecule has 0 aromatic heterocycles. The van der Waals surface area contributed by atoms with Gasteiger partial charge in [-0.05, 0) is 20.3 Å². The lowest BCUT2D eigenvalue weighted by atomic mass is 9.78. The van der Waals surface area contributed by atoms with Crippen LogP contribution in [0.15, 0.2) is 0 Å². The number of carbonyl (C=O) groups is 1. The number of ether oxygens (including phenoxy) is 3. The number of ketones is 1. The first-order valence-electron chi connectivity index (χ1n) is 6.03. The van der Waals surface area contributed by atoms with Crippen LogP contribution in [0.5, 0.6) is 0 Å². The first kappa shape index (κ1) is 14.0. The monoisotopic (exact) mass is 310 g/mol. The van der Waals surface area contributed by atoms with Crippen LogP contribution in [0.2, 0.25) is 0 Å². The third kappa shape index (κ3) is 1.01. The van der Waals surface area contributed by atoms with E-state index in [0.29, 0.717) is 0 Å². The fraction of sp³-hybridized carbons (Fsp3) is 0.917. The Morgan fingerprint density at radius 1 is 1.32 bits per heavy atom. The molecule has 5 nitrogen and oxygen atoms in total. The molecule has 2 saturated carbocycles. The van der Waals surface area contributed by atoms with Gasteiger partial charge < -0.3 is 19.3 Å². The minimum atomic E-state index is -2.20. The number of halogens is 2. The molecule has 1 N–H and O–H groups in total. The molecule has 0 aromatic carbocycles. The minimum Gasteiger partial charge on any atom is -0.358 e. The maximum atomic E-state index is 12.5. The zero-order chi connectivity index (χ0) is 14.5. The molecule has 0 aromatic rings. The predicted octanol–water partition coefficient (Wildman–Crippen LogP) is 1.03. The van der Waals surface area contributed by atoms with Gasteiger partial charge in [-0.25, -0.2) is 0 Å². The van der Waals surface area contributed by atoms with Crippen LogP contribution in [-0.4, -0.2) is 52.0 Å². The summed E-state index contributed by atoms with van der Waals surface area (Å²) in [5.74, 6) is -4.88. The molecule has 1 saturated heterocycles. The molecule has 0 radical (unpaired) electrons. The minimum absolute atomic E-state index is 0.230. The molecule has 1 heterocycles. The molecule has 3 fully saturated rings. The molecule has 3 rings (SSSR count). The van der Waals surface area contributed by atoms with Crippen LogP contribution in [0, 0.1) is 5.92 Å². The van der Waals surface area contributed by atoms with Crippen molar-refractivity contribution in [3.63, 3.8) is 0 Å². The number of carbonyl (C=O) groups excluding carboxylic acids is 1. The number of aliphatic hydroxyl groups is 1. The van der Waals surface area contributed by atoms with E-state index >= 15 is 0 Å². The maximum absolute atomic E-state index is 12.5. The number of hydrogen-bond acceptors (Lipinski definition) is 5. The summed E-state index contributed by atoms with van der Waals surface area (Å²) in [5, 5.41) is 10.7. The van der Waals surface area contributed by atoms with Gasteiger partial charge in [0, 0.05) is 20.1 Å². The van der Waals surface area contributed by atoms with Crippen molar-refractivity contribution in [3.05, 3.63) is 0 Å². The molecular weight excluding hydrogens is 295 g/mol. The van der Waals surface area contributed by atoms with Gasteiger partial charge in [-0.3, -0.25) is 4.79 Å². The van der Waals surface area contributed by atoms with Crippen LogP contribution in [0.25, 0.3) is 0 Å². The van der Waals surface area contributed by atoms with Crippen LogP contribution < -0.4 is 0 Å². The zero-order valence-electron chi connectivity index (χ0n) is 11.1. The van der Waals surface area contributed by atoms with Gasteiger partial charge >= 0.3 is 0 Å². The second-order valence-electron chi connectivity index (χ2n) is 5.97. The topological polar surface area (TPSA) is 65.0 Å². The van der Waals surface area contributed by atoms with E-state index in [1.54, 1.807) is 13.8 Å². The molecule has 0 spiro atoms. The molecule has 108 valence electrons. The smallest absolute Gasteiger partial charge is 0.254 e. The first-order valence-corrected chi connectivity index (χ1v) is 6.78. The van der Waals surface area contributed by atoms with E-state index in [1.807, 2.05) is 0 Å². The van der Waals surface area contributed by atoms with Crippen LogP contribution in [0.4, 0.5) is 0 Å². The van der Waals surface area contributed by atoms with Gasteiger partial charge in [0.15, 0.2) is 9.75 Å².